The lowest BCUT2D eigenvalue weighted by molar-refractivity contribution is -0.384. The summed E-state index contributed by atoms with van der Waals surface area (Å²) in [6.45, 7) is 1.66. The topological polar surface area (TPSA) is 105 Å². The number of ether oxygens (including phenoxy) is 1. The Morgan fingerprint density at radius 2 is 1.81 bits per heavy atom. The Morgan fingerprint density at radius 1 is 1.15 bits per heavy atom. The molecule has 0 saturated heterocycles. The predicted octanol–water partition coefficient (Wildman–Crippen LogP) is 2.14. The lowest BCUT2D eigenvalue weighted by Crippen LogP contribution is -2.21. The van der Waals surface area contributed by atoms with E-state index in [-0.39, 0.29) is 5.69 Å². The fraction of sp³-hybridized carbons (Fsp3) is 0.118. The molecule has 0 aliphatic rings. The van der Waals surface area contributed by atoms with Crippen LogP contribution in [0, 0.1) is 17.0 Å². The summed E-state index contributed by atoms with van der Waals surface area (Å²) < 4.78 is 7.49. The minimum atomic E-state index is -0.478. The summed E-state index contributed by atoms with van der Waals surface area (Å²) >= 11 is 0. The molecule has 0 amide bonds. The molecule has 3 rings (SSSR count). The summed E-state index contributed by atoms with van der Waals surface area (Å²) in [5.41, 5.74) is 0.774. The van der Waals surface area contributed by atoms with Crippen molar-refractivity contribution in [2.45, 2.75) is 6.92 Å². The highest BCUT2D eigenvalue weighted by atomic mass is 16.6. The molecule has 0 saturated carbocycles. The van der Waals surface area contributed by atoms with Crippen LogP contribution in [0.2, 0.25) is 0 Å². The molecule has 0 fully saturated rings. The van der Waals surface area contributed by atoms with Gasteiger partial charge in [-0.1, -0.05) is 0 Å². The maximum absolute atomic E-state index is 12.5. The van der Waals surface area contributed by atoms with Crippen molar-refractivity contribution < 1.29 is 9.66 Å². The highest BCUT2D eigenvalue weighted by Crippen LogP contribution is 2.13. The normalized spacial score (nSPS) is 11.0. The van der Waals surface area contributed by atoms with E-state index in [0.717, 1.165) is 4.68 Å². The first-order valence-corrected chi connectivity index (χ1v) is 7.61. The van der Waals surface area contributed by atoms with Gasteiger partial charge in [0.2, 0.25) is 0 Å². The molecule has 1 heterocycles. The number of aryl methyl sites for hydroxylation is 1. The van der Waals surface area contributed by atoms with Gasteiger partial charge in [0, 0.05) is 12.1 Å². The first-order chi connectivity index (χ1) is 12.5. The van der Waals surface area contributed by atoms with Gasteiger partial charge in [0.25, 0.3) is 5.69 Å². The molecule has 0 atom stereocenters. The standard InChI is InChI=1S/C17H15N5O4/c1-12-19-21(14-7-9-16(26-2)10-8-14)17(23)20(12)18-11-13-3-5-15(6-4-13)22(24)25/h3-11H,1-2H3/b18-11+. The van der Waals surface area contributed by atoms with Crippen LogP contribution in [-0.4, -0.2) is 32.7 Å². The van der Waals surface area contributed by atoms with Crippen molar-refractivity contribution in [2.75, 3.05) is 7.11 Å². The molecule has 0 radical (unpaired) electrons. The smallest absolute Gasteiger partial charge is 0.371 e. The highest BCUT2D eigenvalue weighted by molar-refractivity contribution is 5.79. The number of nitro benzene ring substituents is 1. The number of benzene rings is 2. The number of rotatable bonds is 5. The second kappa shape index (κ2) is 7.01. The third-order valence-electron chi connectivity index (χ3n) is 3.66. The van der Waals surface area contributed by atoms with Crippen molar-refractivity contribution in [1.82, 2.24) is 14.5 Å². The van der Waals surface area contributed by atoms with E-state index in [1.54, 1.807) is 50.4 Å². The van der Waals surface area contributed by atoms with Gasteiger partial charge in [-0.25, -0.2) is 4.79 Å². The molecular formula is C17H15N5O4. The summed E-state index contributed by atoms with van der Waals surface area (Å²) in [6, 6.07) is 12.8. The number of hydrogen-bond acceptors (Lipinski definition) is 6. The lowest BCUT2D eigenvalue weighted by atomic mass is 10.2. The number of aromatic nitrogens is 3. The van der Waals surface area contributed by atoms with E-state index in [2.05, 4.69) is 10.2 Å². The number of nitro groups is 1. The van der Waals surface area contributed by atoms with E-state index < -0.39 is 10.6 Å². The van der Waals surface area contributed by atoms with Crippen LogP contribution in [0.3, 0.4) is 0 Å². The third kappa shape index (κ3) is 3.36. The van der Waals surface area contributed by atoms with E-state index in [1.165, 1.54) is 23.0 Å². The molecule has 132 valence electrons. The van der Waals surface area contributed by atoms with Crippen LogP contribution < -0.4 is 10.4 Å². The molecule has 0 aliphatic heterocycles. The fourth-order valence-electron chi connectivity index (χ4n) is 2.29. The molecule has 0 bridgehead atoms. The minimum Gasteiger partial charge on any atom is -0.497 e. The summed E-state index contributed by atoms with van der Waals surface area (Å²) in [6.07, 6.45) is 1.44. The van der Waals surface area contributed by atoms with Gasteiger partial charge < -0.3 is 4.74 Å². The van der Waals surface area contributed by atoms with Gasteiger partial charge >= 0.3 is 5.69 Å². The van der Waals surface area contributed by atoms with Gasteiger partial charge in [-0.3, -0.25) is 10.1 Å². The molecule has 2 aromatic carbocycles. The first-order valence-electron chi connectivity index (χ1n) is 7.61. The van der Waals surface area contributed by atoms with Crippen molar-refractivity contribution in [3.63, 3.8) is 0 Å². The molecular weight excluding hydrogens is 338 g/mol. The van der Waals surface area contributed by atoms with Gasteiger partial charge in [-0.15, -0.1) is 5.10 Å². The van der Waals surface area contributed by atoms with E-state index in [1.807, 2.05) is 0 Å². The van der Waals surface area contributed by atoms with Gasteiger partial charge in [0.1, 0.15) is 5.75 Å². The van der Waals surface area contributed by atoms with Crippen LogP contribution in [-0.2, 0) is 0 Å². The van der Waals surface area contributed by atoms with Gasteiger partial charge in [-0.05, 0) is 48.9 Å². The molecule has 0 spiro atoms. The van der Waals surface area contributed by atoms with Crippen LogP contribution in [0.5, 0.6) is 5.75 Å². The molecule has 0 N–H and O–H groups in total. The van der Waals surface area contributed by atoms with E-state index in [9.17, 15) is 14.9 Å². The monoisotopic (exact) mass is 353 g/mol. The summed E-state index contributed by atoms with van der Waals surface area (Å²) in [7, 11) is 1.56. The van der Waals surface area contributed by atoms with Gasteiger partial charge in [0.05, 0.1) is 23.9 Å². The number of non-ortho nitro benzene ring substituents is 1. The van der Waals surface area contributed by atoms with E-state index >= 15 is 0 Å². The Kier molecular flexibility index (Phi) is 4.61. The zero-order valence-corrected chi connectivity index (χ0v) is 14.1. The SMILES string of the molecule is COc1ccc(-n2nc(C)n(/N=C/c3ccc([N+](=O)[O-])cc3)c2=O)cc1. The maximum Gasteiger partial charge on any atom is 0.371 e. The van der Waals surface area contributed by atoms with Crippen molar-refractivity contribution in [2.24, 2.45) is 5.10 Å². The second-order valence-electron chi connectivity index (χ2n) is 5.34. The lowest BCUT2D eigenvalue weighted by Gasteiger charge is -2.01. The molecule has 26 heavy (non-hydrogen) atoms. The average molecular weight is 353 g/mol. The van der Waals surface area contributed by atoms with Gasteiger partial charge in [0.15, 0.2) is 5.82 Å². The molecule has 1 aromatic heterocycles. The summed E-state index contributed by atoms with van der Waals surface area (Å²) in [5, 5.41) is 19.0. The molecule has 9 nitrogen and oxygen atoms in total. The highest BCUT2D eigenvalue weighted by Gasteiger charge is 2.11. The second-order valence-corrected chi connectivity index (χ2v) is 5.34. The predicted molar refractivity (Wildman–Crippen MR) is 95.2 cm³/mol. The molecule has 3 aromatic rings. The van der Waals surface area contributed by atoms with Crippen LogP contribution in [0.15, 0.2) is 58.4 Å². The summed E-state index contributed by atoms with van der Waals surface area (Å²) in [4.78, 5) is 22.7. The number of nitrogens with zero attached hydrogens (tertiary/aromatic N) is 5. The first kappa shape index (κ1) is 17.1. The minimum absolute atomic E-state index is 0.0113. The quantitative estimate of drug-likeness (QED) is 0.397. The van der Waals surface area contributed by atoms with Crippen LogP contribution in [0.1, 0.15) is 11.4 Å². The Hall–Kier alpha value is -3.75. The number of methoxy groups -OCH3 is 1. The van der Waals surface area contributed by atoms with E-state index in [0.29, 0.717) is 22.8 Å². The summed E-state index contributed by atoms with van der Waals surface area (Å²) in [5.74, 6) is 1.08. The number of hydrogen-bond donors (Lipinski definition) is 0. The largest absolute Gasteiger partial charge is 0.497 e. The zero-order valence-electron chi connectivity index (χ0n) is 14.1. The van der Waals surface area contributed by atoms with Crippen LogP contribution in [0.25, 0.3) is 5.69 Å². The fourth-order valence-corrected chi connectivity index (χ4v) is 2.29. The molecule has 0 aliphatic carbocycles. The van der Waals surface area contributed by atoms with E-state index in [4.69, 9.17) is 4.74 Å². The Morgan fingerprint density at radius 3 is 2.38 bits per heavy atom. The average Bonchev–Trinajstić information content (AvgIpc) is 2.94. The Balaban J connectivity index is 1.90. The van der Waals surface area contributed by atoms with Crippen molar-refractivity contribution >= 4 is 11.9 Å². The van der Waals surface area contributed by atoms with Crippen molar-refractivity contribution in [3.05, 3.63) is 80.5 Å². The van der Waals surface area contributed by atoms with Crippen LogP contribution >= 0.6 is 0 Å². The van der Waals surface area contributed by atoms with Gasteiger partial charge in [-0.2, -0.15) is 14.5 Å². The van der Waals surface area contributed by atoms with Crippen molar-refractivity contribution in [3.8, 4) is 11.4 Å². The Bertz CT molecular complexity index is 1020. The Labute approximate surface area is 147 Å². The third-order valence-corrected chi connectivity index (χ3v) is 3.66. The van der Waals surface area contributed by atoms with Crippen molar-refractivity contribution in [1.29, 1.82) is 0 Å². The maximum atomic E-state index is 12.5. The molecule has 9 heteroatoms. The molecule has 0 unspecified atom stereocenters. The van der Waals surface area contributed by atoms with Crippen LogP contribution in [0.4, 0.5) is 5.69 Å². The zero-order chi connectivity index (χ0) is 18.7.